The number of nitrogens with two attached hydrogens (primary N) is 1. The van der Waals surface area contributed by atoms with Crippen molar-refractivity contribution in [2.45, 2.75) is 19.4 Å². The molecule has 0 aliphatic heterocycles. The molecule has 0 saturated carbocycles. The number of carbonyl (C=O) groups excluding carboxylic acids is 1. The van der Waals surface area contributed by atoms with Crippen molar-refractivity contribution in [3.8, 4) is 0 Å². The number of Topliss-reactive ketones (excluding diaryl/α,β-unsaturated/α-hetero) is 1. The molecule has 0 aromatic rings. The van der Waals surface area contributed by atoms with Crippen LogP contribution in [0.4, 0.5) is 0 Å². The average Bonchev–Trinajstić information content (AvgIpc) is 1.84. The van der Waals surface area contributed by atoms with Crippen molar-refractivity contribution in [3.05, 3.63) is 19.1 Å². The summed E-state index contributed by atoms with van der Waals surface area (Å²) >= 11 is 0. The van der Waals surface area contributed by atoms with Crippen molar-refractivity contribution in [2.75, 3.05) is 0 Å². The molecule has 1 radical (unpaired) electrons. The lowest BCUT2D eigenvalue weighted by molar-refractivity contribution is -0.116. The standard InChI is InChI=1S/C7H12NO/c1-4-6(8)7(9)5(2)3/h6H,1-2,4,8H2,3H3. The summed E-state index contributed by atoms with van der Waals surface area (Å²) in [6, 6.07) is -0.456. The fraction of sp³-hybridized carbons (Fsp3) is 0.429. The van der Waals surface area contributed by atoms with Crippen molar-refractivity contribution in [2.24, 2.45) is 5.73 Å². The number of ketones is 1. The van der Waals surface area contributed by atoms with Crippen LogP contribution >= 0.6 is 0 Å². The second kappa shape index (κ2) is 3.41. The van der Waals surface area contributed by atoms with E-state index < -0.39 is 6.04 Å². The summed E-state index contributed by atoms with van der Waals surface area (Å²) in [5.74, 6) is -0.0926. The van der Waals surface area contributed by atoms with Crippen LogP contribution in [0, 0.1) is 6.92 Å². The predicted octanol–water partition coefficient (Wildman–Crippen LogP) is 0.683. The molecule has 0 aromatic carbocycles. The summed E-state index contributed by atoms with van der Waals surface area (Å²) in [4.78, 5) is 10.8. The lowest BCUT2D eigenvalue weighted by atomic mass is 10.1. The van der Waals surface area contributed by atoms with E-state index in [1.807, 2.05) is 0 Å². The first-order valence-corrected chi connectivity index (χ1v) is 2.84. The first-order valence-electron chi connectivity index (χ1n) is 2.84. The molecule has 0 saturated heterocycles. The molecular weight excluding hydrogens is 114 g/mol. The molecule has 2 N–H and O–H groups in total. The van der Waals surface area contributed by atoms with Gasteiger partial charge in [0.15, 0.2) is 5.78 Å². The highest BCUT2D eigenvalue weighted by atomic mass is 16.1. The van der Waals surface area contributed by atoms with Crippen LogP contribution in [0.1, 0.15) is 13.3 Å². The molecular formula is C7H12NO. The van der Waals surface area contributed by atoms with Gasteiger partial charge in [0.2, 0.25) is 0 Å². The third-order valence-electron chi connectivity index (χ3n) is 1.07. The normalized spacial score (nSPS) is 12.8. The van der Waals surface area contributed by atoms with Crippen LogP contribution in [0.2, 0.25) is 0 Å². The van der Waals surface area contributed by atoms with Crippen LogP contribution in [-0.2, 0) is 4.79 Å². The fourth-order valence-electron chi connectivity index (χ4n) is 0.448. The van der Waals surface area contributed by atoms with E-state index in [0.717, 1.165) is 0 Å². The number of rotatable bonds is 3. The molecule has 0 amide bonds. The van der Waals surface area contributed by atoms with Gasteiger partial charge in [-0.05, 0) is 18.9 Å². The van der Waals surface area contributed by atoms with Crippen molar-refractivity contribution < 1.29 is 4.79 Å². The Labute approximate surface area is 55.7 Å². The van der Waals surface area contributed by atoms with Gasteiger partial charge in [-0.15, -0.1) is 0 Å². The van der Waals surface area contributed by atoms with Gasteiger partial charge in [-0.2, -0.15) is 0 Å². The summed E-state index contributed by atoms with van der Waals surface area (Å²) in [7, 11) is 0. The maximum Gasteiger partial charge on any atom is 0.174 e. The maximum absolute atomic E-state index is 10.8. The van der Waals surface area contributed by atoms with Crippen LogP contribution in [0.3, 0.4) is 0 Å². The van der Waals surface area contributed by atoms with Crippen LogP contribution in [-0.4, -0.2) is 11.8 Å². The minimum absolute atomic E-state index is 0.0926. The summed E-state index contributed by atoms with van der Waals surface area (Å²) in [5.41, 5.74) is 5.85. The van der Waals surface area contributed by atoms with Crippen LogP contribution < -0.4 is 5.73 Å². The molecule has 2 heteroatoms. The third-order valence-corrected chi connectivity index (χ3v) is 1.07. The van der Waals surface area contributed by atoms with Gasteiger partial charge in [0.05, 0.1) is 6.04 Å². The first-order chi connectivity index (χ1) is 4.09. The zero-order valence-electron chi connectivity index (χ0n) is 5.68. The average molecular weight is 126 g/mol. The second-order valence-electron chi connectivity index (χ2n) is 2.04. The molecule has 0 spiro atoms. The Morgan fingerprint density at radius 3 is 2.33 bits per heavy atom. The minimum atomic E-state index is -0.456. The smallest absolute Gasteiger partial charge is 0.174 e. The van der Waals surface area contributed by atoms with E-state index in [-0.39, 0.29) is 5.78 Å². The van der Waals surface area contributed by atoms with Gasteiger partial charge in [0.25, 0.3) is 0 Å². The molecule has 0 bridgehead atoms. The van der Waals surface area contributed by atoms with Crippen molar-refractivity contribution in [1.29, 1.82) is 0 Å². The molecule has 0 heterocycles. The number of carbonyl (C=O) groups is 1. The zero-order chi connectivity index (χ0) is 7.44. The summed E-state index contributed by atoms with van der Waals surface area (Å²) in [6.07, 6.45) is 0.436. The van der Waals surface area contributed by atoms with Gasteiger partial charge in [0, 0.05) is 0 Å². The highest BCUT2D eigenvalue weighted by Crippen LogP contribution is 1.96. The lowest BCUT2D eigenvalue weighted by Gasteiger charge is -2.04. The monoisotopic (exact) mass is 126 g/mol. The Hall–Kier alpha value is -0.630. The topological polar surface area (TPSA) is 43.1 Å². The maximum atomic E-state index is 10.8. The van der Waals surface area contributed by atoms with E-state index in [1.54, 1.807) is 6.92 Å². The minimum Gasteiger partial charge on any atom is -0.321 e. The third kappa shape index (κ3) is 2.42. The molecule has 0 aromatic heterocycles. The molecule has 1 unspecified atom stereocenters. The SMILES string of the molecule is [CH2]CC(N)C(=O)C(=C)C. The van der Waals surface area contributed by atoms with E-state index in [9.17, 15) is 4.79 Å². The fourth-order valence-corrected chi connectivity index (χ4v) is 0.448. The van der Waals surface area contributed by atoms with E-state index in [4.69, 9.17) is 5.73 Å². The van der Waals surface area contributed by atoms with E-state index in [2.05, 4.69) is 13.5 Å². The van der Waals surface area contributed by atoms with E-state index in [1.165, 1.54) is 0 Å². The largest absolute Gasteiger partial charge is 0.321 e. The van der Waals surface area contributed by atoms with Gasteiger partial charge < -0.3 is 5.73 Å². The van der Waals surface area contributed by atoms with Gasteiger partial charge in [-0.3, -0.25) is 4.79 Å². The quantitative estimate of drug-likeness (QED) is 0.565. The van der Waals surface area contributed by atoms with E-state index >= 15 is 0 Å². The van der Waals surface area contributed by atoms with Crippen LogP contribution in [0.25, 0.3) is 0 Å². The van der Waals surface area contributed by atoms with Gasteiger partial charge in [0.1, 0.15) is 0 Å². The molecule has 0 aliphatic carbocycles. The van der Waals surface area contributed by atoms with Gasteiger partial charge in [-0.1, -0.05) is 13.5 Å². The Balaban J connectivity index is 3.88. The molecule has 9 heavy (non-hydrogen) atoms. The molecule has 0 rings (SSSR count). The molecule has 2 nitrogen and oxygen atoms in total. The Kier molecular flexibility index (Phi) is 3.17. The highest BCUT2D eigenvalue weighted by Gasteiger charge is 2.09. The summed E-state index contributed by atoms with van der Waals surface area (Å²) in [5, 5.41) is 0. The van der Waals surface area contributed by atoms with Crippen LogP contribution in [0.15, 0.2) is 12.2 Å². The first kappa shape index (κ1) is 8.37. The van der Waals surface area contributed by atoms with Gasteiger partial charge >= 0.3 is 0 Å². The number of hydrogen-bond donors (Lipinski definition) is 1. The molecule has 0 fully saturated rings. The van der Waals surface area contributed by atoms with E-state index in [0.29, 0.717) is 12.0 Å². The predicted molar refractivity (Wildman–Crippen MR) is 37.8 cm³/mol. The van der Waals surface area contributed by atoms with Gasteiger partial charge in [-0.25, -0.2) is 0 Å². The van der Waals surface area contributed by atoms with Crippen molar-refractivity contribution >= 4 is 5.78 Å². The lowest BCUT2D eigenvalue weighted by Crippen LogP contribution is -2.29. The van der Waals surface area contributed by atoms with Crippen molar-refractivity contribution in [3.63, 3.8) is 0 Å². The molecule has 51 valence electrons. The summed E-state index contributed by atoms with van der Waals surface area (Å²) in [6.45, 7) is 8.62. The zero-order valence-corrected chi connectivity index (χ0v) is 5.68. The van der Waals surface area contributed by atoms with Crippen molar-refractivity contribution in [1.82, 2.24) is 0 Å². The molecule has 1 atom stereocenters. The highest BCUT2D eigenvalue weighted by molar-refractivity contribution is 5.98. The summed E-state index contributed by atoms with van der Waals surface area (Å²) < 4.78 is 0. The Morgan fingerprint density at radius 2 is 2.22 bits per heavy atom. The Bertz CT molecular complexity index is 129. The Morgan fingerprint density at radius 1 is 1.78 bits per heavy atom. The van der Waals surface area contributed by atoms with Crippen LogP contribution in [0.5, 0.6) is 0 Å². The molecule has 0 aliphatic rings. The number of hydrogen-bond acceptors (Lipinski definition) is 2. The second-order valence-corrected chi connectivity index (χ2v) is 2.04.